The van der Waals surface area contributed by atoms with Crippen LogP contribution in [0.25, 0.3) is 10.9 Å². The number of carbonyl (C=O) groups excluding carboxylic acids is 1. The molecule has 1 aliphatic heterocycles. The maximum atomic E-state index is 12.1. The molecule has 1 amide bonds. The molecule has 1 fully saturated rings. The van der Waals surface area contributed by atoms with Gasteiger partial charge in [0.1, 0.15) is 29.0 Å². The Kier molecular flexibility index (Phi) is 4.45. The van der Waals surface area contributed by atoms with Gasteiger partial charge in [-0.15, -0.1) is 0 Å². The van der Waals surface area contributed by atoms with Crippen LogP contribution in [0.1, 0.15) is 32.9 Å². The molecule has 0 aromatic carbocycles. The fourth-order valence-electron chi connectivity index (χ4n) is 2.67. The zero-order chi connectivity index (χ0) is 18.0. The van der Waals surface area contributed by atoms with Gasteiger partial charge in [0.2, 0.25) is 5.88 Å². The lowest BCUT2D eigenvalue weighted by atomic mass is 10.2. The number of rotatable bonds is 2. The molecule has 1 saturated heterocycles. The van der Waals surface area contributed by atoms with Crippen molar-refractivity contribution in [2.45, 2.75) is 38.9 Å². The number of carbonyl (C=O) groups is 1. The number of ether oxygens (including phenoxy) is 2. The van der Waals surface area contributed by atoms with Crippen LogP contribution in [-0.4, -0.2) is 45.8 Å². The van der Waals surface area contributed by atoms with Crippen LogP contribution in [0.15, 0.2) is 24.4 Å². The van der Waals surface area contributed by atoms with Gasteiger partial charge < -0.3 is 14.4 Å². The Hall–Kier alpha value is -2.88. The minimum atomic E-state index is -0.529. The van der Waals surface area contributed by atoms with Crippen LogP contribution >= 0.6 is 0 Å². The predicted molar refractivity (Wildman–Crippen MR) is 91.1 cm³/mol. The average molecular weight is 340 g/mol. The van der Waals surface area contributed by atoms with Gasteiger partial charge in [-0.05, 0) is 32.9 Å². The minimum absolute atomic E-state index is 0.209. The van der Waals surface area contributed by atoms with E-state index in [9.17, 15) is 4.79 Å². The molecule has 3 rings (SSSR count). The number of nitriles is 1. The fraction of sp³-hybridized carbons (Fsp3) is 0.444. The van der Waals surface area contributed by atoms with E-state index in [1.807, 2.05) is 32.9 Å². The standard InChI is InChI=1S/C18H20N4O3/c1-18(2,3)25-17(23)22-8-6-14(11-22)24-16-15-12(5-4-7-20-15)9-13(10-19)21-16/h4-5,7,9,14H,6,8,11H2,1-3H3/t14-/m0/s1. The molecular weight excluding hydrogens is 320 g/mol. The number of aromatic nitrogens is 2. The van der Waals surface area contributed by atoms with Gasteiger partial charge in [0, 0.05) is 24.5 Å². The maximum absolute atomic E-state index is 12.1. The molecule has 0 aliphatic carbocycles. The Morgan fingerprint density at radius 2 is 2.24 bits per heavy atom. The SMILES string of the molecule is CC(C)(C)OC(=O)N1CC[C@H](Oc2nc(C#N)cc3cccnc23)C1. The van der Waals surface area contributed by atoms with Crippen molar-refractivity contribution >= 4 is 17.0 Å². The molecule has 0 unspecified atom stereocenters. The third kappa shape index (κ3) is 3.97. The maximum Gasteiger partial charge on any atom is 0.410 e. The highest BCUT2D eigenvalue weighted by molar-refractivity contribution is 5.83. The van der Waals surface area contributed by atoms with Gasteiger partial charge in [0.25, 0.3) is 0 Å². The van der Waals surface area contributed by atoms with Crippen molar-refractivity contribution in [1.82, 2.24) is 14.9 Å². The molecule has 2 aromatic rings. The summed E-state index contributed by atoms with van der Waals surface area (Å²) < 4.78 is 11.4. The molecule has 0 spiro atoms. The van der Waals surface area contributed by atoms with E-state index in [4.69, 9.17) is 14.7 Å². The van der Waals surface area contributed by atoms with Gasteiger partial charge in [-0.2, -0.15) is 5.26 Å². The number of amides is 1. The quantitative estimate of drug-likeness (QED) is 0.835. The summed E-state index contributed by atoms with van der Waals surface area (Å²) in [4.78, 5) is 22.3. The zero-order valence-corrected chi connectivity index (χ0v) is 14.5. The molecule has 7 nitrogen and oxygen atoms in total. The first-order chi connectivity index (χ1) is 11.9. The normalized spacial score (nSPS) is 17.4. The molecule has 1 atom stereocenters. The Labute approximate surface area is 146 Å². The Morgan fingerprint density at radius 3 is 2.96 bits per heavy atom. The second-order valence-corrected chi connectivity index (χ2v) is 6.95. The highest BCUT2D eigenvalue weighted by Gasteiger charge is 2.31. The molecule has 130 valence electrons. The van der Waals surface area contributed by atoms with Crippen LogP contribution in [-0.2, 0) is 4.74 Å². The second-order valence-electron chi connectivity index (χ2n) is 6.95. The zero-order valence-electron chi connectivity index (χ0n) is 14.5. The van der Waals surface area contributed by atoms with Crippen molar-refractivity contribution in [3.05, 3.63) is 30.1 Å². The molecular formula is C18H20N4O3. The van der Waals surface area contributed by atoms with E-state index < -0.39 is 5.60 Å². The van der Waals surface area contributed by atoms with Gasteiger partial charge in [-0.1, -0.05) is 6.07 Å². The molecule has 2 aromatic heterocycles. The summed E-state index contributed by atoms with van der Waals surface area (Å²) in [7, 11) is 0. The van der Waals surface area contributed by atoms with Crippen molar-refractivity contribution in [2.24, 2.45) is 0 Å². The third-order valence-electron chi connectivity index (χ3n) is 3.75. The van der Waals surface area contributed by atoms with Crippen LogP contribution < -0.4 is 4.74 Å². The molecule has 25 heavy (non-hydrogen) atoms. The lowest BCUT2D eigenvalue weighted by Crippen LogP contribution is -2.36. The molecule has 1 aliphatic rings. The van der Waals surface area contributed by atoms with E-state index in [0.717, 1.165) is 5.39 Å². The van der Waals surface area contributed by atoms with E-state index in [2.05, 4.69) is 9.97 Å². The largest absolute Gasteiger partial charge is 0.471 e. The molecule has 3 heterocycles. The average Bonchev–Trinajstić information content (AvgIpc) is 3.02. The summed E-state index contributed by atoms with van der Waals surface area (Å²) in [5, 5.41) is 9.94. The van der Waals surface area contributed by atoms with Gasteiger partial charge in [-0.25, -0.2) is 9.78 Å². The summed E-state index contributed by atoms with van der Waals surface area (Å²) in [6.07, 6.45) is 1.77. The number of pyridine rings is 2. The first-order valence-electron chi connectivity index (χ1n) is 8.16. The second kappa shape index (κ2) is 6.55. The molecule has 0 N–H and O–H groups in total. The smallest absolute Gasteiger partial charge is 0.410 e. The lowest BCUT2D eigenvalue weighted by molar-refractivity contribution is 0.0275. The summed E-state index contributed by atoms with van der Waals surface area (Å²) in [6.45, 7) is 6.49. The van der Waals surface area contributed by atoms with Crippen molar-refractivity contribution < 1.29 is 14.3 Å². The summed E-state index contributed by atoms with van der Waals surface area (Å²) in [5.41, 5.74) is 0.355. The van der Waals surface area contributed by atoms with Crippen LogP contribution in [0, 0.1) is 11.3 Å². The van der Waals surface area contributed by atoms with E-state index in [-0.39, 0.29) is 17.9 Å². The monoisotopic (exact) mass is 340 g/mol. The van der Waals surface area contributed by atoms with Crippen molar-refractivity contribution in [3.63, 3.8) is 0 Å². The number of hydrogen-bond donors (Lipinski definition) is 0. The van der Waals surface area contributed by atoms with Gasteiger partial charge in [0.15, 0.2) is 0 Å². The molecule has 0 radical (unpaired) electrons. The first kappa shape index (κ1) is 17.0. The number of hydrogen-bond acceptors (Lipinski definition) is 6. The molecule has 0 bridgehead atoms. The summed E-state index contributed by atoms with van der Waals surface area (Å²) in [6, 6.07) is 7.37. The number of fused-ring (bicyclic) bond motifs is 1. The first-order valence-corrected chi connectivity index (χ1v) is 8.16. The van der Waals surface area contributed by atoms with E-state index in [0.29, 0.717) is 30.9 Å². The number of nitrogens with zero attached hydrogens (tertiary/aromatic N) is 4. The van der Waals surface area contributed by atoms with Crippen LogP contribution in [0.3, 0.4) is 0 Å². The van der Waals surface area contributed by atoms with E-state index in [1.165, 1.54) is 0 Å². The lowest BCUT2D eigenvalue weighted by Gasteiger charge is -2.24. The van der Waals surface area contributed by atoms with Gasteiger partial charge in [-0.3, -0.25) is 4.98 Å². The van der Waals surface area contributed by atoms with E-state index >= 15 is 0 Å². The van der Waals surface area contributed by atoms with Crippen molar-refractivity contribution in [1.29, 1.82) is 5.26 Å². The van der Waals surface area contributed by atoms with Crippen LogP contribution in [0.4, 0.5) is 4.79 Å². The number of likely N-dealkylation sites (tertiary alicyclic amines) is 1. The third-order valence-corrected chi connectivity index (χ3v) is 3.75. The van der Waals surface area contributed by atoms with Crippen molar-refractivity contribution in [3.8, 4) is 11.9 Å². The topological polar surface area (TPSA) is 88.3 Å². The van der Waals surface area contributed by atoms with Gasteiger partial charge in [0.05, 0.1) is 6.54 Å². The van der Waals surface area contributed by atoms with Crippen LogP contribution in [0.5, 0.6) is 5.88 Å². The van der Waals surface area contributed by atoms with Gasteiger partial charge >= 0.3 is 6.09 Å². The Morgan fingerprint density at radius 1 is 1.44 bits per heavy atom. The summed E-state index contributed by atoms with van der Waals surface area (Å²) in [5.74, 6) is 0.325. The van der Waals surface area contributed by atoms with E-state index in [1.54, 1.807) is 23.2 Å². The fourth-order valence-corrected chi connectivity index (χ4v) is 2.67. The predicted octanol–water partition coefficient (Wildman–Crippen LogP) is 2.89. The summed E-state index contributed by atoms with van der Waals surface area (Å²) >= 11 is 0. The van der Waals surface area contributed by atoms with Crippen molar-refractivity contribution in [2.75, 3.05) is 13.1 Å². The minimum Gasteiger partial charge on any atom is -0.471 e. The molecule has 0 saturated carbocycles. The molecule has 7 heteroatoms. The highest BCUT2D eigenvalue weighted by Crippen LogP contribution is 2.25. The highest BCUT2D eigenvalue weighted by atomic mass is 16.6. The Bertz CT molecular complexity index is 838. The van der Waals surface area contributed by atoms with Crippen LogP contribution in [0.2, 0.25) is 0 Å². The Balaban J connectivity index is 1.75.